The van der Waals surface area contributed by atoms with E-state index in [9.17, 15) is 0 Å². The highest BCUT2D eigenvalue weighted by Gasteiger charge is 2.13. The first kappa shape index (κ1) is 13.1. The summed E-state index contributed by atoms with van der Waals surface area (Å²) in [5.74, 6) is 0.747. The van der Waals surface area contributed by atoms with E-state index in [1.54, 1.807) is 0 Å². The third-order valence-corrected chi connectivity index (χ3v) is 3.48. The molecule has 20 heavy (non-hydrogen) atoms. The lowest BCUT2D eigenvalue weighted by Gasteiger charge is -2.08. The monoisotopic (exact) mass is 286 g/mol. The van der Waals surface area contributed by atoms with Crippen LogP contribution in [-0.4, -0.2) is 19.7 Å². The van der Waals surface area contributed by atoms with Gasteiger partial charge in [-0.2, -0.15) is 10.1 Å². The molecule has 0 N–H and O–H groups in total. The molecule has 0 spiro atoms. The van der Waals surface area contributed by atoms with Crippen molar-refractivity contribution in [3.8, 4) is 5.82 Å². The first-order chi connectivity index (χ1) is 9.72. The summed E-state index contributed by atoms with van der Waals surface area (Å²) >= 11 is 6.05. The molecule has 0 saturated heterocycles. The van der Waals surface area contributed by atoms with Gasteiger partial charge in [0.05, 0.1) is 11.2 Å². The van der Waals surface area contributed by atoms with Crippen LogP contribution in [-0.2, 0) is 12.8 Å². The van der Waals surface area contributed by atoms with Crippen molar-refractivity contribution >= 4 is 22.5 Å². The molecule has 3 aromatic rings. The van der Waals surface area contributed by atoms with Gasteiger partial charge >= 0.3 is 0 Å². The molecule has 102 valence electrons. The molecule has 0 unspecified atom stereocenters. The summed E-state index contributed by atoms with van der Waals surface area (Å²) in [4.78, 5) is 8.64. The number of aromatic nitrogens is 4. The van der Waals surface area contributed by atoms with Gasteiger partial charge in [-0.1, -0.05) is 26.0 Å². The fraction of sp³-hybridized carbons (Fsp3) is 0.267. The fourth-order valence-electron chi connectivity index (χ4n) is 2.28. The Balaban J connectivity index is 2.31. The van der Waals surface area contributed by atoms with E-state index in [1.807, 2.05) is 28.9 Å². The molecule has 0 aliphatic carbocycles. The van der Waals surface area contributed by atoms with Gasteiger partial charge in [0.15, 0.2) is 5.82 Å². The number of benzene rings is 1. The van der Waals surface area contributed by atoms with E-state index in [2.05, 4.69) is 35.0 Å². The number of nitrogens with zero attached hydrogens (tertiary/aromatic N) is 4. The summed E-state index contributed by atoms with van der Waals surface area (Å²) < 4.78 is 1.88. The largest absolute Gasteiger partial charge is 0.224 e. The van der Waals surface area contributed by atoms with E-state index < -0.39 is 0 Å². The molecule has 2 aromatic heterocycles. The quantitative estimate of drug-likeness (QED) is 0.691. The van der Waals surface area contributed by atoms with E-state index in [4.69, 9.17) is 11.6 Å². The molecule has 4 nitrogen and oxygen atoms in total. The van der Waals surface area contributed by atoms with Crippen molar-refractivity contribution in [3.63, 3.8) is 0 Å². The average molecular weight is 287 g/mol. The number of hydrogen-bond acceptors (Lipinski definition) is 3. The Morgan fingerprint density at radius 3 is 2.65 bits per heavy atom. The second-order valence-electron chi connectivity index (χ2n) is 4.58. The van der Waals surface area contributed by atoms with E-state index in [-0.39, 0.29) is 5.28 Å². The van der Waals surface area contributed by atoms with Crippen LogP contribution in [0.1, 0.15) is 25.2 Å². The normalized spacial score (nSPS) is 11.2. The van der Waals surface area contributed by atoms with E-state index >= 15 is 0 Å². The van der Waals surface area contributed by atoms with Gasteiger partial charge in [0, 0.05) is 11.1 Å². The maximum atomic E-state index is 6.05. The Kier molecular flexibility index (Phi) is 3.40. The Bertz CT molecular complexity index is 764. The van der Waals surface area contributed by atoms with Crippen molar-refractivity contribution in [1.82, 2.24) is 19.7 Å². The number of aryl methyl sites for hydroxylation is 2. The number of hydrogen-bond donors (Lipinski definition) is 0. The molecule has 2 heterocycles. The van der Waals surface area contributed by atoms with Gasteiger partial charge in [-0.25, -0.2) is 9.67 Å². The highest BCUT2D eigenvalue weighted by Crippen LogP contribution is 2.22. The van der Waals surface area contributed by atoms with Crippen molar-refractivity contribution in [1.29, 1.82) is 0 Å². The lowest BCUT2D eigenvalue weighted by Crippen LogP contribution is -2.06. The van der Waals surface area contributed by atoms with Gasteiger partial charge in [-0.15, -0.1) is 0 Å². The zero-order chi connectivity index (χ0) is 14.1. The number of para-hydroxylation sites is 1. The number of halogens is 1. The molecule has 0 radical (unpaired) electrons. The Labute approximate surface area is 122 Å². The average Bonchev–Trinajstić information content (AvgIpc) is 2.89. The van der Waals surface area contributed by atoms with Crippen LogP contribution in [0.15, 0.2) is 30.3 Å². The van der Waals surface area contributed by atoms with Gasteiger partial charge in [0.2, 0.25) is 5.28 Å². The molecule has 0 amide bonds. The molecular formula is C15H15ClN4. The molecule has 0 fully saturated rings. The van der Waals surface area contributed by atoms with Crippen LogP contribution >= 0.6 is 11.6 Å². The van der Waals surface area contributed by atoms with Crippen molar-refractivity contribution < 1.29 is 0 Å². The molecule has 1 aromatic carbocycles. The van der Waals surface area contributed by atoms with E-state index in [0.717, 1.165) is 41.0 Å². The van der Waals surface area contributed by atoms with Crippen molar-refractivity contribution in [2.75, 3.05) is 0 Å². The second kappa shape index (κ2) is 5.21. The molecule has 0 atom stereocenters. The van der Waals surface area contributed by atoms with Crippen LogP contribution in [0.25, 0.3) is 16.7 Å². The molecule has 0 bridgehead atoms. The summed E-state index contributed by atoms with van der Waals surface area (Å²) in [6, 6.07) is 9.95. The maximum absolute atomic E-state index is 6.05. The summed E-state index contributed by atoms with van der Waals surface area (Å²) in [5.41, 5.74) is 3.01. The third kappa shape index (κ3) is 2.16. The smallest absolute Gasteiger partial charge is 0.218 e. The topological polar surface area (TPSA) is 43.6 Å². The first-order valence-corrected chi connectivity index (χ1v) is 7.11. The number of fused-ring (bicyclic) bond motifs is 1. The zero-order valence-electron chi connectivity index (χ0n) is 11.5. The lowest BCUT2D eigenvalue weighted by molar-refractivity contribution is 0.776. The van der Waals surface area contributed by atoms with Gasteiger partial charge in [-0.3, -0.25) is 0 Å². The van der Waals surface area contributed by atoms with Crippen LogP contribution in [0.5, 0.6) is 0 Å². The fourth-order valence-corrected chi connectivity index (χ4v) is 2.45. The Morgan fingerprint density at radius 1 is 1.10 bits per heavy atom. The molecule has 5 heteroatoms. The van der Waals surface area contributed by atoms with Gasteiger partial charge in [0.25, 0.3) is 0 Å². The second-order valence-corrected chi connectivity index (χ2v) is 4.92. The van der Waals surface area contributed by atoms with Crippen LogP contribution in [0.3, 0.4) is 0 Å². The highest BCUT2D eigenvalue weighted by molar-refractivity contribution is 6.28. The maximum Gasteiger partial charge on any atom is 0.224 e. The standard InChI is InChI=1S/C15H15ClN4/c1-3-10-9-11(4-2)20(19-10)14-12-7-5-6-8-13(12)17-15(16)18-14/h5-9H,3-4H2,1-2H3. The highest BCUT2D eigenvalue weighted by atomic mass is 35.5. The van der Waals surface area contributed by atoms with Crippen molar-refractivity contribution in [3.05, 3.63) is 47.0 Å². The van der Waals surface area contributed by atoms with Crippen LogP contribution < -0.4 is 0 Å². The Hall–Kier alpha value is -1.94. The minimum atomic E-state index is 0.245. The van der Waals surface area contributed by atoms with Crippen LogP contribution in [0.2, 0.25) is 5.28 Å². The molecule has 0 saturated carbocycles. The number of rotatable bonds is 3. The first-order valence-electron chi connectivity index (χ1n) is 6.73. The van der Waals surface area contributed by atoms with Gasteiger partial charge in [0.1, 0.15) is 0 Å². The van der Waals surface area contributed by atoms with Gasteiger partial charge in [-0.05, 0) is 42.6 Å². The minimum absolute atomic E-state index is 0.245. The molecule has 0 aliphatic heterocycles. The van der Waals surface area contributed by atoms with E-state index in [0.29, 0.717) is 0 Å². The van der Waals surface area contributed by atoms with Crippen molar-refractivity contribution in [2.45, 2.75) is 26.7 Å². The zero-order valence-corrected chi connectivity index (χ0v) is 12.2. The molecule has 0 aliphatic rings. The lowest BCUT2D eigenvalue weighted by atomic mass is 10.2. The minimum Gasteiger partial charge on any atom is -0.218 e. The van der Waals surface area contributed by atoms with Crippen molar-refractivity contribution in [2.24, 2.45) is 0 Å². The van der Waals surface area contributed by atoms with Crippen LogP contribution in [0, 0.1) is 0 Å². The predicted molar refractivity (Wildman–Crippen MR) is 80.4 cm³/mol. The molecule has 3 rings (SSSR count). The SMILES string of the molecule is CCc1cc(CC)n(-c2nc(Cl)nc3ccccc23)n1. The summed E-state index contributed by atoms with van der Waals surface area (Å²) in [5, 5.41) is 5.83. The Morgan fingerprint density at radius 2 is 1.90 bits per heavy atom. The van der Waals surface area contributed by atoms with Crippen LogP contribution in [0.4, 0.5) is 0 Å². The summed E-state index contributed by atoms with van der Waals surface area (Å²) in [6.45, 7) is 4.20. The van der Waals surface area contributed by atoms with Gasteiger partial charge < -0.3 is 0 Å². The third-order valence-electron chi connectivity index (χ3n) is 3.31. The van der Waals surface area contributed by atoms with E-state index in [1.165, 1.54) is 0 Å². The predicted octanol–water partition coefficient (Wildman–Crippen LogP) is 3.59. The summed E-state index contributed by atoms with van der Waals surface area (Å²) in [7, 11) is 0. The molecular weight excluding hydrogens is 272 g/mol. The summed E-state index contributed by atoms with van der Waals surface area (Å²) in [6.07, 6.45) is 1.79.